The second-order valence-electron chi connectivity index (χ2n) is 4.21. The number of nitrogens with zero attached hydrogens (tertiary/aromatic N) is 3. The molecule has 0 spiro atoms. The van der Waals surface area contributed by atoms with E-state index >= 15 is 0 Å². The van der Waals surface area contributed by atoms with E-state index < -0.39 is 5.82 Å². The first-order valence-corrected chi connectivity index (χ1v) is 6.38. The summed E-state index contributed by atoms with van der Waals surface area (Å²) in [5, 5.41) is 2.92. The number of aryl methyl sites for hydroxylation is 2. The summed E-state index contributed by atoms with van der Waals surface area (Å²) < 4.78 is 13.9. The van der Waals surface area contributed by atoms with Gasteiger partial charge in [-0.1, -0.05) is 6.92 Å². The number of hydrogen-bond acceptors (Lipinski definition) is 4. The van der Waals surface area contributed by atoms with Gasteiger partial charge < -0.3 is 5.32 Å². The normalized spacial score (nSPS) is 10.5. The minimum absolute atomic E-state index is 0.254. The van der Waals surface area contributed by atoms with Crippen LogP contribution in [0, 0.1) is 12.7 Å². The van der Waals surface area contributed by atoms with Gasteiger partial charge in [-0.3, -0.25) is 4.98 Å². The summed E-state index contributed by atoms with van der Waals surface area (Å²) in [7, 11) is 0. The van der Waals surface area contributed by atoms with E-state index in [4.69, 9.17) is 0 Å². The molecule has 2 aromatic rings. The van der Waals surface area contributed by atoms with Crippen LogP contribution in [0.2, 0.25) is 0 Å². The topological polar surface area (TPSA) is 50.7 Å². The van der Waals surface area contributed by atoms with Crippen molar-refractivity contribution in [1.29, 1.82) is 0 Å². The van der Waals surface area contributed by atoms with Crippen molar-refractivity contribution >= 4 is 5.82 Å². The Kier molecular flexibility index (Phi) is 4.04. The van der Waals surface area contributed by atoms with Crippen LogP contribution < -0.4 is 5.32 Å². The average molecular weight is 260 g/mol. The number of aromatic nitrogens is 3. The summed E-state index contributed by atoms with van der Waals surface area (Å²) in [6, 6.07) is 1.86. The summed E-state index contributed by atoms with van der Waals surface area (Å²) in [4.78, 5) is 12.6. The Morgan fingerprint density at radius 3 is 2.74 bits per heavy atom. The molecule has 0 fully saturated rings. The fourth-order valence-corrected chi connectivity index (χ4v) is 1.89. The number of rotatable bonds is 4. The fraction of sp³-hybridized carbons (Fsp3) is 0.357. The Bertz CT molecular complexity index is 584. The molecule has 1 N–H and O–H groups in total. The number of halogens is 1. The first-order valence-electron chi connectivity index (χ1n) is 6.38. The van der Waals surface area contributed by atoms with Crippen LogP contribution in [0.3, 0.4) is 0 Å². The molecule has 0 radical (unpaired) electrons. The second-order valence-corrected chi connectivity index (χ2v) is 4.21. The van der Waals surface area contributed by atoms with Crippen LogP contribution in [-0.2, 0) is 6.42 Å². The van der Waals surface area contributed by atoms with Gasteiger partial charge in [-0.05, 0) is 31.9 Å². The fourth-order valence-electron chi connectivity index (χ4n) is 1.89. The summed E-state index contributed by atoms with van der Waals surface area (Å²) in [6.07, 6.45) is 4.33. The van der Waals surface area contributed by atoms with Crippen molar-refractivity contribution in [2.45, 2.75) is 27.2 Å². The van der Waals surface area contributed by atoms with Crippen molar-refractivity contribution in [2.24, 2.45) is 0 Å². The quantitative estimate of drug-likeness (QED) is 0.918. The zero-order valence-electron chi connectivity index (χ0n) is 11.4. The van der Waals surface area contributed by atoms with Gasteiger partial charge in [0, 0.05) is 24.5 Å². The van der Waals surface area contributed by atoms with E-state index in [1.807, 2.05) is 19.9 Å². The molecular formula is C14H17FN4. The highest BCUT2D eigenvalue weighted by Gasteiger charge is 2.13. The van der Waals surface area contributed by atoms with E-state index in [1.54, 1.807) is 19.3 Å². The molecule has 19 heavy (non-hydrogen) atoms. The first kappa shape index (κ1) is 13.4. The van der Waals surface area contributed by atoms with Gasteiger partial charge in [0.1, 0.15) is 0 Å². The van der Waals surface area contributed by atoms with E-state index in [9.17, 15) is 4.39 Å². The van der Waals surface area contributed by atoms with Crippen molar-refractivity contribution in [2.75, 3.05) is 11.9 Å². The van der Waals surface area contributed by atoms with Gasteiger partial charge in [0.05, 0.1) is 5.69 Å². The molecule has 5 heteroatoms. The van der Waals surface area contributed by atoms with Crippen LogP contribution in [0.5, 0.6) is 0 Å². The molecule has 0 saturated heterocycles. The standard InChI is InChI=1S/C14H17FN4/c1-4-10-8-16-7-6-11(10)13-18-9(3)12(15)14(19-13)17-5-2/h6-8H,4-5H2,1-3H3,(H,17,18,19). The van der Waals surface area contributed by atoms with Gasteiger partial charge in [0.2, 0.25) is 0 Å². The third-order valence-corrected chi connectivity index (χ3v) is 2.89. The molecule has 100 valence electrons. The molecule has 0 aliphatic carbocycles. The predicted molar refractivity (Wildman–Crippen MR) is 73.5 cm³/mol. The molecule has 2 heterocycles. The summed E-state index contributed by atoms with van der Waals surface area (Å²) >= 11 is 0. The monoisotopic (exact) mass is 260 g/mol. The van der Waals surface area contributed by atoms with Gasteiger partial charge in [0.15, 0.2) is 17.5 Å². The van der Waals surface area contributed by atoms with Gasteiger partial charge in [-0.15, -0.1) is 0 Å². The maximum Gasteiger partial charge on any atom is 0.186 e. The number of anilines is 1. The van der Waals surface area contributed by atoms with Crippen LogP contribution in [0.1, 0.15) is 25.1 Å². The van der Waals surface area contributed by atoms with Crippen LogP contribution in [0.25, 0.3) is 11.4 Å². The molecular weight excluding hydrogens is 243 g/mol. The summed E-state index contributed by atoms with van der Waals surface area (Å²) in [6.45, 7) is 6.21. The van der Waals surface area contributed by atoms with Crippen molar-refractivity contribution in [3.05, 3.63) is 35.5 Å². The highest BCUT2D eigenvalue weighted by molar-refractivity contribution is 5.61. The van der Waals surface area contributed by atoms with E-state index in [0.717, 1.165) is 17.5 Å². The van der Waals surface area contributed by atoms with E-state index in [1.165, 1.54) is 0 Å². The summed E-state index contributed by atoms with van der Waals surface area (Å²) in [5.41, 5.74) is 2.30. The molecule has 2 aromatic heterocycles. The molecule has 0 saturated carbocycles. The van der Waals surface area contributed by atoms with Gasteiger partial charge in [0.25, 0.3) is 0 Å². The maximum atomic E-state index is 13.9. The zero-order chi connectivity index (χ0) is 13.8. The van der Waals surface area contributed by atoms with Gasteiger partial charge in [-0.25, -0.2) is 14.4 Å². The lowest BCUT2D eigenvalue weighted by Crippen LogP contribution is -2.07. The van der Waals surface area contributed by atoms with Crippen molar-refractivity contribution in [3.8, 4) is 11.4 Å². The molecule has 0 atom stereocenters. The lowest BCUT2D eigenvalue weighted by atomic mass is 10.1. The minimum Gasteiger partial charge on any atom is -0.368 e. The molecule has 0 aromatic carbocycles. The lowest BCUT2D eigenvalue weighted by molar-refractivity contribution is 0.606. The Hall–Kier alpha value is -2.04. The molecule has 0 bridgehead atoms. The average Bonchev–Trinajstić information content (AvgIpc) is 2.43. The largest absolute Gasteiger partial charge is 0.368 e. The van der Waals surface area contributed by atoms with E-state index in [2.05, 4.69) is 20.3 Å². The number of nitrogens with one attached hydrogen (secondary N) is 1. The minimum atomic E-state index is -0.391. The molecule has 0 amide bonds. The third kappa shape index (κ3) is 2.70. The van der Waals surface area contributed by atoms with Crippen LogP contribution >= 0.6 is 0 Å². The van der Waals surface area contributed by atoms with E-state index in [0.29, 0.717) is 18.1 Å². The van der Waals surface area contributed by atoms with Gasteiger partial charge >= 0.3 is 0 Å². The Balaban J connectivity index is 2.56. The lowest BCUT2D eigenvalue weighted by Gasteiger charge is -2.10. The van der Waals surface area contributed by atoms with Gasteiger partial charge in [-0.2, -0.15) is 0 Å². The van der Waals surface area contributed by atoms with Crippen molar-refractivity contribution in [1.82, 2.24) is 15.0 Å². The zero-order valence-corrected chi connectivity index (χ0v) is 11.4. The molecule has 2 rings (SSSR count). The molecule has 0 unspecified atom stereocenters. The molecule has 0 aliphatic rings. The molecule has 4 nitrogen and oxygen atoms in total. The first-order chi connectivity index (χ1) is 9.17. The molecule has 0 aliphatic heterocycles. The number of pyridine rings is 1. The highest BCUT2D eigenvalue weighted by atomic mass is 19.1. The van der Waals surface area contributed by atoms with Crippen LogP contribution in [0.15, 0.2) is 18.5 Å². The SMILES string of the molecule is CCNc1nc(-c2ccncc2CC)nc(C)c1F. The van der Waals surface area contributed by atoms with Crippen LogP contribution in [-0.4, -0.2) is 21.5 Å². The third-order valence-electron chi connectivity index (χ3n) is 2.89. The highest BCUT2D eigenvalue weighted by Crippen LogP contribution is 2.23. The second kappa shape index (κ2) is 5.73. The predicted octanol–water partition coefficient (Wildman–Crippen LogP) is 2.98. The maximum absolute atomic E-state index is 13.9. The Morgan fingerprint density at radius 1 is 1.26 bits per heavy atom. The van der Waals surface area contributed by atoms with Crippen molar-refractivity contribution < 1.29 is 4.39 Å². The summed E-state index contributed by atoms with van der Waals surface area (Å²) in [5.74, 6) is 0.399. The van der Waals surface area contributed by atoms with Crippen LogP contribution in [0.4, 0.5) is 10.2 Å². The van der Waals surface area contributed by atoms with Crippen molar-refractivity contribution in [3.63, 3.8) is 0 Å². The smallest absolute Gasteiger partial charge is 0.186 e. The Morgan fingerprint density at radius 2 is 2.05 bits per heavy atom. The number of hydrogen-bond donors (Lipinski definition) is 1. The Labute approximate surface area is 112 Å². The van der Waals surface area contributed by atoms with E-state index in [-0.39, 0.29) is 5.82 Å².